The lowest BCUT2D eigenvalue weighted by molar-refractivity contribution is -0.121. The Kier molecular flexibility index (Phi) is 3.73. The van der Waals surface area contributed by atoms with Gasteiger partial charge in [0.1, 0.15) is 5.78 Å². The van der Waals surface area contributed by atoms with E-state index in [9.17, 15) is 4.79 Å². The highest BCUT2D eigenvalue weighted by Gasteiger charge is 2.23. The molecule has 1 fully saturated rings. The van der Waals surface area contributed by atoms with Gasteiger partial charge in [-0.2, -0.15) is 0 Å². The van der Waals surface area contributed by atoms with Gasteiger partial charge in [-0.05, 0) is 32.1 Å². The highest BCUT2D eigenvalue weighted by atomic mass is 16.3. The number of aliphatic hydroxyl groups is 1. The van der Waals surface area contributed by atoms with Crippen LogP contribution in [0, 0.1) is 11.8 Å². The van der Waals surface area contributed by atoms with E-state index in [2.05, 4.69) is 0 Å². The van der Waals surface area contributed by atoms with Crippen LogP contribution in [-0.2, 0) is 4.79 Å². The molecule has 0 bridgehead atoms. The van der Waals surface area contributed by atoms with Crippen LogP contribution in [0.2, 0.25) is 0 Å². The van der Waals surface area contributed by atoms with Gasteiger partial charge in [0.15, 0.2) is 0 Å². The Morgan fingerprint density at radius 1 is 1.50 bits per heavy atom. The monoisotopic (exact) mass is 170 g/mol. The summed E-state index contributed by atoms with van der Waals surface area (Å²) in [7, 11) is 0. The van der Waals surface area contributed by atoms with Crippen LogP contribution >= 0.6 is 0 Å². The Bertz CT molecular complexity index is 150. The van der Waals surface area contributed by atoms with Gasteiger partial charge in [-0.25, -0.2) is 0 Å². The maximum Gasteiger partial charge on any atom is 0.132 e. The average molecular weight is 170 g/mol. The Morgan fingerprint density at radius 3 is 2.58 bits per heavy atom. The number of aliphatic hydroxyl groups excluding tert-OH is 1. The van der Waals surface area contributed by atoms with Gasteiger partial charge < -0.3 is 5.11 Å². The van der Waals surface area contributed by atoms with E-state index in [0.29, 0.717) is 6.42 Å². The second-order valence-corrected chi connectivity index (χ2v) is 3.84. The summed E-state index contributed by atoms with van der Waals surface area (Å²) in [6.45, 7) is 1.78. The summed E-state index contributed by atoms with van der Waals surface area (Å²) in [6, 6.07) is 0. The first-order valence-electron chi connectivity index (χ1n) is 4.85. The fraction of sp³-hybridized carbons (Fsp3) is 0.900. The first-order valence-corrected chi connectivity index (χ1v) is 4.85. The number of rotatable bonds is 6. The number of hydrogen-bond donors (Lipinski definition) is 1. The molecule has 2 heteroatoms. The van der Waals surface area contributed by atoms with Gasteiger partial charge in [0.2, 0.25) is 0 Å². The molecular weight excluding hydrogens is 152 g/mol. The average Bonchev–Trinajstić information content (AvgIpc) is 2.80. The molecule has 1 rings (SSSR count). The summed E-state index contributed by atoms with van der Waals surface area (Å²) in [5.74, 6) is 1.26. The zero-order valence-corrected chi connectivity index (χ0v) is 7.75. The molecule has 1 saturated carbocycles. The second-order valence-electron chi connectivity index (χ2n) is 3.84. The fourth-order valence-electron chi connectivity index (χ4n) is 1.55. The standard InChI is InChI=1S/C10H18O2/c1-8(12)10(6-7-11)5-4-9-2-3-9/h9-11H,2-7H2,1H3. The Morgan fingerprint density at radius 2 is 2.17 bits per heavy atom. The maximum absolute atomic E-state index is 11.1. The van der Waals surface area contributed by atoms with Crippen LogP contribution in [0.15, 0.2) is 0 Å². The predicted octanol–water partition coefficient (Wildman–Crippen LogP) is 1.76. The van der Waals surface area contributed by atoms with Crippen molar-refractivity contribution < 1.29 is 9.90 Å². The zero-order chi connectivity index (χ0) is 8.97. The summed E-state index contributed by atoms with van der Waals surface area (Å²) < 4.78 is 0. The molecule has 1 aliphatic rings. The van der Waals surface area contributed by atoms with Gasteiger partial charge in [0.05, 0.1) is 0 Å². The third kappa shape index (κ3) is 3.35. The molecule has 1 aliphatic carbocycles. The van der Waals surface area contributed by atoms with E-state index in [1.54, 1.807) is 6.92 Å². The van der Waals surface area contributed by atoms with E-state index in [4.69, 9.17) is 5.11 Å². The van der Waals surface area contributed by atoms with Crippen LogP contribution in [0.1, 0.15) is 39.0 Å². The molecular formula is C10H18O2. The minimum absolute atomic E-state index is 0.121. The van der Waals surface area contributed by atoms with Crippen molar-refractivity contribution in [2.75, 3.05) is 6.61 Å². The van der Waals surface area contributed by atoms with Gasteiger partial charge in [-0.3, -0.25) is 4.79 Å². The summed E-state index contributed by atoms with van der Waals surface area (Å²) >= 11 is 0. The highest BCUT2D eigenvalue weighted by Crippen LogP contribution is 2.35. The predicted molar refractivity (Wildman–Crippen MR) is 47.8 cm³/mol. The lowest BCUT2D eigenvalue weighted by atomic mass is 9.95. The van der Waals surface area contributed by atoms with Crippen LogP contribution in [0.5, 0.6) is 0 Å². The van der Waals surface area contributed by atoms with Gasteiger partial charge >= 0.3 is 0 Å². The van der Waals surface area contributed by atoms with Crippen LogP contribution in [0.3, 0.4) is 0 Å². The van der Waals surface area contributed by atoms with E-state index < -0.39 is 0 Å². The minimum Gasteiger partial charge on any atom is -0.396 e. The molecule has 0 aliphatic heterocycles. The highest BCUT2D eigenvalue weighted by molar-refractivity contribution is 5.78. The molecule has 1 unspecified atom stereocenters. The molecule has 0 amide bonds. The van der Waals surface area contributed by atoms with E-state index in [1.807, 2.05) is 0 Å². The molecule has 70 valence electrons. The first kappa shape index (κ1) is 9.72. The Hall–Kier alpha value is -0.370. The van der Waals surface area contributed by atoms with Crippen molar-refractivity contribution in [2.24, 2.45) is 11.8 Å². The molecule has 2 nitrogen and oxygen atoms in total. The molecule has 0 saturated heterocycles. The number of carbonyl (C=O) groups is 1. The van der Waals surface area contributed by atoms with Gasteiger partial charge in [-0.15, -0.1) is 0 Å². The lowest BCUT2D eigenvalue weighted by Crippen LogP contribution is -2.12. The Labute approximate surface area is 74.0 Å². The fourth-order valence-corrected chi connectivity index (χ4v) is 1.55. The quantitative estimate of drug-likeness (QED) is 0.659. The molecule has 0 radical (unpaired) electrons. The van der Waals surface area contributed by atoms with Gasteiger partial charge in [-0.1, -0.05) is 12.8 Å². The van der Waals surface area contributed by atoms with E-state index in [0.717, 1.165) is 12.3 Å². The maximum atomic E-state index is 11.1. The van der Waals surface area contributed by atoms with Crippen LogP contribution in [-0.4, -0.2) is 17.5 Å². The lowest BCUT2D eigenvalue weighted by Gasteiger charge is -2.10. The summed E-state index contributed by atoms with van der Waals surface area (Å²) in [5, 5.41) is 8.71. The third-order valence-electron chi connectivity index (χ3n) is 2.67. The molecule has 1 N–H and O–H groups in total. The first-order chi connectivity index (χ1) is 5.74. The number of carbonyl (C=O) groups excluding carboxylic acids is 1. The molecule has 0 heterocycles. The molecule has 0 aromatic carbocycles. The van der Waals surface area contributed by atoms with Crippen molar-refractivity contribution in [3.63, 3.8) is 0 Å². The smallest absolute Gasteiger partial charge is 0.132 e. The number of hydrogen-bond acceptors (Lipinski definition) is 2. The van der Waals surface area contributed by atoms with Crippen LogP contribution < -0.4 is 0 Å². The van der Waals surface area contributed by atoms with Crippen LogP contribution in [0.4, 0.5) is 0 Å². The largest absolute Gasteiger partial charge is 0.396 e. The summed E-state index contributed by atoms with van der Waals surface area (Å²) in [6.07, 6.45) is 5.53. The van der Waals surface area contributed by atoms with Crippen LogP contribution in [0.25, 0.3) is 0 Å². The Balaban J connectivity index is 2.16. The van der Waals surface area contributed by atoms with Gasteiger partial charge in [0, 0.05) is 12.5 Å². The van der Waals surface area contributed by atoms with E-state index in [-0.39, 0.29) is 18.3 Å². The van der Waals surface area contributed by atoms with Crippen molar-refractivity contribution in [2.45, 2.75) is 39.0 Å². The van der Waals surface area contributed by atoms with Crippen molar-refractivity contribution in [1.29, 1.82) is 0 Å². The van der Waals surface area contributed by atoms with Crippen molar-refractivity contribution in [1.82, 2.24) is 0 Å². The number of Topliss-reactive ketones (excluding diaryl/α,β-unsaturated/α-hetero) is 1. The van der Waals surface area contributed by atoms with Gasteiger partial charge in [0.25, 0.3) is 0 Å². The van der Waals surface area contributed by atoms with Crippen molar-refractivity contribution in [3.8, 4) is 0 Å². The molecule has 0 aromatic rings. The zero-order valence-electron chi connectivity index (χ0n) is 7.75. The van der Waals surface area contributed by atoms with E-state index in [1.165, 1.54) is 19.3 Å². The number of ketones is 1. The SMILES string of the molecule is CC(=O)C(CCO)CCC1CC1. The third-order valence-corrected chi connectivity index (χ3v) is 2.67. The van der Waals surface area contributed by atoms with Crippen molar-refractivity contribution in [3.05, 3.63) is 0 Å². The molecule has 1 atom stereocenters. The normalized spacial score (nSPS) is 19.2. The molecule has 0 spiro atoms. The minimum atomic E-state index is 0.121. The van der Waals surface area contributed by atoms with E-state index >= 15 is 0 Å². The molecule has 12 heavy (non-hydrogen) atoms. The summed E-state index contributed by atoms with van der Waals surface area (Å²) in [5.41, 5.74) is 0. The summed E-state index contributed by atoms with van der Waals surface area (Å²) in [4.78, 5) is 11.1. The topological polar surface area (TPSA) is 37.3 Å². The molecule has 0 aromatic heterocycles. The second kappa shape index (κ2) is 4.61. The van der Waals surface area contributed by atoms with Crippen molar-refractivity contribution >= 4 is 5.78 Å².